The number of benzene rings is 1. The second kappa shape index (κ2) is 7.13. The fourth-order valence-corrected chi connectivity index (χ4v) is 1.77. The monoisotopic (exact) mass is 233 g/mol. The highest BCUT2D eigenvalue weighted by atomic mass is 16.5. The van der Waals surface area contributed by atoms with Gasteiger partial charge in [-0.1, -0.05) is 12.1 Å². The van der Waals surface area contributed by atoms with Gasteiger partial charge in [-0.2, -0.15) is 0 Å². The second-order valence-electron chi connectivity index (χ2n) is 4.23. The highest BCUT2D eigenvalue weighted by Crippen LogP contribution is 2.23. The van der Waals surface area contributed by atoms with Crippen LogP contribution in [0.3, 0.4) is 0 Å². The summed E-state index contributed by atoms with van der Waals surface area (Å²) >= 11 is 0. The zero-order chi connectivity index (χ0) is 12.7. The molecule has 0 aromatic heterocycles. The summed E-state index contributed by atoms with van der Waals surface area (Å²) in [6.45, 7) is 7.70. The van der Waals surface area contributed by atoms with Gasteiger partial charge < -0.3 is 10.5 Å². The first-order valence-electron chi connectivity index (χ1n) is 6.29. The van der Waals surface area contributed by atoms with Crippen LogP contribution in [0.1, 0.15) is 37.8 Å². The summed E-state index contributed by atoms with van der Waals surface area (Å²) in [6, 6.07) is 6.35. The maximum atomic E-state index is 5.53. The lowest BCUT2D eigenvalue weighted by molar-refractivity contribution is 0.338. The van der Waals surface area contributed by atoms with Crippen molar-refractivity contribution in [1.82, 2.24) is 0 Å². The lowest BCUT2D eigenvalue weighted by Gasteiger charge is -2.09. The van der Waals surface area contributed by atoms with Crippen LogP contribution < -0.4 is 10.5 Å². The first-order chi connectivity index (χ1) is 8.19. The van der Waals surface area contributed by atoms with Crippen molar-refractivity contribution in [2.45, 2.75) is 33.6 Å². The highest BCUT2D eigenvalue weighted by Gasteiger charge is 2.01. The Labute approximate surface area is 104 Å². The van der Waals surface area contributed by atoms with Gasteiger partial charge in [-0.3, -0.25) is 0 Å². The SMILES string of the molecule is CCOc1ccc(/C(C)=C/CCCN)cc1C. The molecular formula is C15H23NO. The number of ether oxygens (including phenoxy) is 1. The molecule has 0 aliphatic rings. The van der Waals surface area contributed by atoms with E-state index in [4.69, 9.17) is 10.5 Å². The van der Waals surface area contributed by atoms with Gasteiger partial charge in [0.05, 0.1) is 6.61 Å². The van der Waals surface area contributed by atoms with Crippen molar-refractivity contribution >= 4 is 5.57 Å². The molecule has 0 saturated carbocycles. The highest BCUT2D eigenvalue weighted by molar-refractivity contribution is 5.65. The van der Waals surface area contributed by atoms with Crippen LogP contribution in [-0.2, 0) is 0 Å². The van der Waals surface area contributed by atoms with E-state index in [1.165, 1.54) is 16.7 Å². The molecule has 0 amide bonds. The molecule has 2 nitrogen and oxygen atoms in total. The van der Waals surface area contributed by atoms with Crippen LogP contribution in [0.2, 0.25) is 0 Å². The van der Waals surface area contributed by atoms with E-state index in [1.807, 2.05) is 6.92 Å². The van der Waals surface area contributed by atoms with Gasteiger partial charge in [-0.25, -0.2) is 0 Å². The van der Waals surface area contributed by atoms with Gasteiger partial charge >= 0.3 is 0 Å². The molecule has 94 valence electrons. The van der Waals surface area contributed by atoms with E-state index in [0.29, 0.717) is 6.61 Å². The molecule has 0 spiro atoms. The minimum absolute atomic E-state index is 0.714. The molecule has 1 rings (SSSR count). The summed E-state index contributed by atoms with van der Waals surface area (Å²) in [5.41, 5.74) is 9.25. The van der Waals surface area contributed by atoms with Crippen molar-refractivity contribution in [3.05, 3.63) is 35.4 Å². The number of hydrogen-bond acceptors (Lipinski definition) is 2. The van der Waals surface area contributed by atoms with E-state index in [1.54, 1.807) is 0 Å². The van der Waals surface area contributed by atoms with Crippen molar-refractivity contribution in [3.63, 3.8) is 0 Å². The number of nitrogens with two attached hydrogens (primary N) is 1. The third-order valence-corrected chi connectivity index (χ3v) is 2.79. The van der Waals surface area contributed by atoms with E-state index < -0.39 is 0 Å². The normalized spacial score (nSPS) is 11.6. The average Bonchev–Trinajstić information content (AvgIpc) is 2.32. The molecule has 1 aromatic rings. The number of rotatable bonds is 6. The molecule has 0 bridgehead atoms. The predicted octanol–water partition coefficient (Wildman–Crippen LogP) is 3.54. The number of allylic oxidation sites excluding steroid dienone is 2. The van der Waals surface area contributed by atoms with E-state index in [2.05, 4.69) is 38.1 Å². The topological polar surface area (TPSA) is 35.2 Å². The van der Waals surface area contributed by atoms with Crippen LogP contribution in [0.5, 0.6) is 5.75 Å². The van der Waals surface area contributed by atoms with Gasteiger partial charge in [-0.05, 0) is 69.0 Å². The number of unbranched alkanes of at least 4 members (excludes halogenated alkanes) is 1. The second-order valence-corrected chi connectivity index (χ2v) is 4.23. The standard InChI is InChI=1S/C15H23NO/c1-4-17-15-9-8-14(11-13(15)3)12(2)7-5-6-10-16/h7-9,11H,4-6,10,16H2,1-3H3/b12-7+. The average molecular weight is 233 g/mol. The van der Waals surface area contributed by atoms with Crippen molar-refractivity contribution < 1.29 is 4.74 Å². The molecule has 0 atom stereocenters. The molecule has 0 radical (unpaired) electrons. The lowest BCUT2D eigenvalue weighted by atomic mass is 10.0. The summed E-state index contributed by atoms with van der Waals surface area (Å²) < 4.78 is 5.53. The number of hydrogen-bond donors (Lipinski definition) is 1. The molecule has 0 heterocycles. The Bertz CT molecular complexity index is 383. The van der Waals surface area contributed by atoms with Crippen molar-refractivity contribution in [3.8, 4) is 5.75 Å². The van der Waals surface area contributed by atoms with E-state index in [0.717, 1.165) is 25.1 Å². The first kappa shape index (κ1) is 13.8. The van der Waals surface area contributed by atoms with Crippen molar-refractivity contribution in [2.24, 2.45) is 5.73 Å². The van der Waals surface area contributed by atoms with Gasteiger partial charge in [0.1, 0.15) is 5.75 Å². The van der Waals surface area contributed by atoms with Crippen LogP contribution in [0.15, 0.2) is 24.3 Å². The Morgan fingerprint density at radius 1 is 1.41 bits per heavy atom. The summed E-state index contributed by atoms with van der Waals surface area (Å²) in [6.07, 6.45) is 4.35. The summed E-state index contributed by atoms with van der Waals surface area (Å²) in [5, 5.41) is 0. The van der Waals surface area contributed by atoms with Gasteiger partial charge in [-0.15, -0.1) is 0 Å². The fraction of sp³-hybridized carbons (Fsp3) is 0.467. The van der Waals surface area contributed by atoms with E-state index in [-0.39, 0.29) is 0 Å². The third kappa shape index (κ3) is 4.23. The molecule has 17 heavy (non-hydrogen) atoms. The molecular weight excluding hydrogens is 210 g/mol. The first-order valence-corrected chi connectivity index (χ1v) is 6.29. The minimum Gasteiger partial charge on any atom is -0.494 e. The van der Waals surface area contributed by atoms with Crippen LogP contribution in [-0.4, -0.2) is 13.2 Å². The molecule has 0 unspecified atom stereocenters. The lowest BCUT2D eigenvalue weighted by Crippen LogP contribution is -1.97. The van der Waals surface area contributed by atoms with Gasteiger partial charge in [0.25, 0.3) is 0 Å². The fourth-order valence-electron chi connectivity index (χ4n) is 1.77. The smallest absolute Gasteiger partial charge is 0.122 e. The minimum atomic E-state index is 0.714. The molecule has 0 saturated heterocycles. The Morgan fingerprint density at radius 3 is 2.76 bits per heavy atom. The van der Waals surface area contributed by atoms with E-state index >= 15 is 0 Å². The summed E-state index contributed by atoms with van der Waals surface area (Å²) in [5.74, 6) is 0.978. The van der Waals surface area contributed by atoms with Gasteiger partial charge in [0.15, 0.2) is 0 Å². The molecule has 2 N–H and O–H groups in total. The van der Waals surface area contributed by atoms with Crippen molar-refractivity contribution in [2.75, 3.05) is 13.2 Å². The van der Waals surface area contributed by atoms with Gasteiger partial charge in [0.2, 0.25) is 0 Å². The van der Waals surface area contributed by atoms with Crippen LogP contribution >= 0.6 is 0 Å². The quantitative estimate of drug-likeness (QED) is 0.763. The number of aryl methyl sites for hydroxylation is 1. The maximum absolute atomic E-state index is 5.53. The predicted molar refractivity (Wildman–Crippen MR) is 74.3 cm³/mol. The molecule has 0 aliphatic carbocycles. The summed E-state index contributed by atoms with van der Waals surface area (Å²) in [7, 11) is 0. The third-order valence-electron chi connectivity index (χ3n) is 2.79. The van der Waals surface area contributed by atoms with Gasteiger partial charge in [0, 0.05) is 0 Å². The Kier molecular flexibility index (Phi) is 5.78. The molecule has 2 heteroatoms. The zero-order valence-electron chi connectivity index (χ0n) is 11.1. The molecule has 0 aliphatic heterocycles. The van der Waals surface area contributed by atoms with Crippen LogP contribution in [0.25, 0.3) is 5.57 Å². The van der Waals surface area contributed by atoms with Crippen LogP contribution in [0.4, 0.5) is 0 Å². The summed E-state index contributed by atoms with van der Waals surface area (Å²) in [4.78, 5) is 0. The van der Waals surface area contributed by atoms with Crippen molar-refractivity contribution in [1.29, 1.82) is 0 Å². The molecule has 1 aromatic carbocycles. The molecule has 0 fully saturated rings. The maximum Gasteiger partial charge on any atom is 0.122 e. The van der Waals surface area contributed by atoms with E-state index in [9.17, 15) is 0 Å². The van der Waals surface area contributed by atoms with Crippen LogP contribution in [0, 0.1) is 6.92 Å². The largest absolute Gasteiger partial charge is 0.494 e. The Morgan fingerprint density at radius 2 is 2.18 bits per heavy atom. The zero-order valence-corrected chi connectivity index (χ0v) is 11.1. The Balaban J connectivity index is 2.78. The Hall–Kier alpha value is -1.28.